The number of carbonyl (C=O) groups is 2. The molecule has 2 fully saturated rings. The highest BCUT2D eigenvalue weighted by Gasteiger charge is 2.24. The summed E-state index contributed by atoms with van der Waals surface area (Å²) in [6.45, 7) is 9.79. The van der Waals surface area contributed by atoms with Gasteiger partial charge in [0.25, 0.3) is 0 Å². The second-order valence-electron chi connectivity index (χ2n) is 10.5. The van der Waals surface area contributed by atoms with Gasteiger partial charge in [-0.3, -0.25) is 9.59 Å². The highest BCUT2D eigenvalue weighted by atomic mass is 16.5. The normalized spacial score (nSPS) is 18.0. The number of rotatable bonds is 8. The molecule has 178 valence electrons. The summed E-state index contributed by atoms with van der Waals surface area (Å²) in [5.74, 6) is 2.04. The van der Waals surface area contributed by atoms with Crippen molar-refractivity contribution < 1.29 is 14.3 Å². The third-order valence-corrected chi connectivity index (χ3v) is 7.00. The molecule has 0 bridgehead atoms. The molecule has 1 aromatic carbocycles. The maximum absolute atomic E-state index is 12.5. The summed E-state index contributed by atoms with van der Waals surface area (Å²) >= 11 is 0. The number of hydrogen-bond acceptors (Lipinski definition) is 3. The van der Waals surface area contributed by atoms with Gasteiger partial charge < -0.3 is 14.5 Å². The van der Waals surface area contributed by atoms with Gasteiger partial charge in [0, 0.05) is 39.0 Å². The van der Waals surface area contributed by atoms with E-state index in [9.17, 15) is 9.59 Å². The molecule has 32 heavy (non-hydrogen) atoms. The molecule has 0 N–H and O–H groups in total. The Balaban J connectivity index is 1.29. The van der Waals surface area contributed by atoms with Crippen molar-refractivity contribution in [1.82, 2.24) is 9.80 Å². The molecule has 1 aromatic rings. The lowest BCUT2D eigenvalue weighted by atomic mass is 9.86. The largest absolute Gasteiger partial charge is 0.494 e. The van der Waals surface area contributed by atoms with Gasteiger partial charge in [-0.05, 0) is 41.9 Å². The van der Waals surface area contributed by atoms with Crippen molar-refractivity contribution >= 4 is 11.8 Å². The van der Waals surface area contributed by atoms with E-state index in [2.05, 4.69) is 32.9 Å². The van der Waals surface area contributed by atoms with E-state index in [1.807, 2.05) is 21.9 Å². The fourth-order valence-electron chi connectivity index (χ4n) is 4.79. The van der Waals surface area contributed by atoms with Crippen LogP contribution in [0.25, 0.3) is 0 Å². The Morgan fingerprint density at radius 1 is 0.875 bits per heavy atom. The number of benzene rings is 1. The van der Waals surface area contributed by atoms with Gasteiger partial charge in [0.1, 0.15) is 5.75 Å². The molecule has 2 amide bonds. The van der Waals surface area contributed by atoms with E-state index < -0.39 is 0 Å². The second kappa shape index (κ2) is 11.7. The van der Waals surface area contributed by atoms with Crippen molar-refractivity contribution in [3.63, 3.8) is 0 Å². The third kappa shape index (κ3) is 7.53. The Morgan fingerprint density at radius 3 is 2.00 bits per heavy atom. The quantitative estimate of drug-likeness (QED) is 0.522. The number of carbonyl (C=O) groups excluding carboxylic acids is 2. The zero-order valence-electron chi connectivity index (χ0n) is 20.4. The smallest absolute Gasteiger partial charge is 0.222 e. The lowest BCUT2D eigenvalue weighted by Crippen LogP contribution is -2.50. The number of piperazine rings is 1. The van der Waals surface area contributed by atoms with Crippen molar-refractivity contribution in [3.05, 3.63) is 29.8 Å². The molecular formula is C27H42N2O3. The van der Waals surface area contributed by atoms with E-state index in [4.69, 9.17) is 4.74 Å². The van der Waals surface area contributed by atoms with Gasteiger partial charge in [0.05, 0.1) is 6.61 Å². The molecule has 1 saturated carbocycles. The van der Waals surface area contributed by atoms with E-state index in [0.717, 1.165) is 18.1 Å². The molecule has 1 saturated heterocycles. The fourth-order valence-corrected chi connectivity index (χ4v) is 4.79. The predicted molar refractivity (Wildman–Crippen MR) is 129 cm³/mol. The molecule has 3 rings (SSSR count). The highest BCUT2D eigenvalue weighted by molar-refractivity contribution is 5.78. The van der Waals surface area contributed by atoms with Gasteiger partial charge in [-0.15, -0.1) is 0 Å². The van der Waals surface area contributed by atoms with Gasteiger partial charge in [0.2, 0.25) is 11.8 Å². The molecule has 1 aliphatic carbocycles. The van der Waals surface area contributed by atoms with Crippen molar-refractivity contribution in [2.75, 3.05) is 32.8 Å². The summed E-state index contributed by atoms with van der Waals surface area (Å²) in [4.78, 5) is 28.9. The first-order valence-electron chi connectivity index (χ1n) is 12.6. The lowest BCUT2D eigenvalue weighted by Gasteiger charge is -2.35. The first-order chi connectivity index (χ1) is 15.3. The first kappa shape index (κ1) is 24.6. The minimum absolute atomic E-state index is 0.134. The molecule has 0 atom stereocenters. The lowest BCUT2D eigenvalue weighted by molar-refractivity contribution is -0.139. The average molecular weight is 443 g/mol. The molecule has 0 aromatic heterocycles. The Hall–Kier alpha value is -2.04. The Morgan fingerprint density at radius 2 is 1.44 bits per heavy atom. The number of hydrogen-bond donors (Lipinski definition) is 0. The minimum Gasteiger partial charge on any atom is -0.494 e. The van der Waals surface area contributed by atoms with Gasteiger partial charge in [0.15, 0.2) is 0 Å². The summed E-state index contributed by atoms with van der Waals surface area (Å²) in [5.41, 5.74) is 1.42. The van der Waals surface area contributed by atoms with Crippen LogP contribution in [0.5, 0.6) is 5.75 Å². The maximum atomic E-state index is 12.5. The van der Waals surface area contributed by atoms with Crippen LogP contribution < -0.4 is 4.74 Å². The SMILES string of the molecule is CC(C)(C)c1ccc(OCCCC(=O)N2CCN(C(=O)CCC3CCCCC3)CC2)cc1. The Bertz CT molecular complexity index is 724. The van der Waals surface area contributed by atoms with E-state index in [1.54, 1.807) is 0 Å². The highest BCUT2D eigenvalue weighted by Crippen LogP contribution is 2.27. The van der Waals surface area contributed by atoms with Gasteiger partial charge in [-0.25, -0.2) is 0 Å². The third-order valence-electron chi connectivity index (χ3n) is 7.00. The standard InChI is InChI=1S/C27H42N2O3/c1-27(2,3)23-12-14-24(15-13-23)32-21-7-10-25(30)28-17-19-29(20-18-28)26(31)16-11-22-8-5-4-6-9-22/h12-15,22H,4-11,16-21H2,1-3H3. The molecule has 0 radical (unpaired) electrons. The molecule has 1 aliphatic heterocycles. The van der Waals surface area contributed by atoms with Crippen molar-refractivity contribution in [3.8, 4) is 5.75 Å². The number of amides is 2. The van der Waals surface area contributed by atoms with Crippen molar-refractivity contribution in [2.45, 2.75) is 84.0 Å². The molecule has 2 aliphatic rings. The summed E-state index contributed by atoms with van der Waals surface area (Å²) in [6, 6.07) is 8.23. The van der Waals surface area contributed by atoms with Crippen LogP contribution in [0.15, 0.2) is 24.3 Å². The van der Waals surface area contributed by atoms with Gasteiger partial charge in [-0.2, -0.15) is 0 Å². The summed E-state index contributed by atoms with van der Waals surface area (Å²) < 4.78 is 5.81. The Kier molecular flexibility index (Phi) is 9.01. The summed E-state index contributed by atoms with van der Waals surface area (Å²) in [5, 5.41) is 0. The summed E-state index contributed by atoms with van der Waals surface area (Å²) in [7, 11) is 0. The molecule has 5 nitrogen and oxygen atoms in total. The van der Waals surface area contributed by atoms with E-state index in [-0.39, 0.29) is 17.2 Å². The fraction of sp³-hybridized carbons (Fsp3) is 0.704. The van der Waals surface area contributed by atoms with Crippen LogP contribution in [0, 0.1) is 5.92 Å². The van der Waals surface area contributed by atoms with Crippen LogP contribution in [-0.4, -0.2) is 54.4 Å². The first-order valence-corrected chi connectivity index (χ1v) is 12.6. The zero-order chi connectivity index (χ0) is 23.0. The van der Waals surface area contributed by atoms with Crippen LogP contribution >= 0.6 is 0 Å². The molecular weight excluding hydrogens is 400 g/mol. The van der Waals surface area contributed by atoms with Crippen LogP contribution in [0.3, 0.4) is 0 Å². The molecule has 5 heteroatoms. The van der Waals surface area contributed by atoms with Crippen LogP contribution in [-0.2, 0) is 15.0 Å². The van der Waals surface area contributed by atoms with Crippen LogP contribution in [0.4, 0.5) is 0 Å². The van der Waals surface area contributed by atoms with Crippen molar-refractivity contribution in [1.29, 1.82) is 0 Å². The Labute approximate surface area is 194 Å². The monoisotopic (exact) mass is 442 g/mol. The zero-order valence-corrected chi connectivity index (χ0v) is 20.4. The number of nitrogens with zero attached hydrogens (tertiary/aromatic N) is 2. The second-order valence-corrected chi connectivity index (χ2v) is 10.5. The minimum atomic E-state index is 0.134. The van der Waals surface area contributed by atoms with Gasteiger partial charge >= 0.3 is 0 Å². The van der Waals surface area contributed by atoms with E-state index in [0.29, 0.717) is 52.0 Å². The molecule has 1 heterocycles. The predicted octanol–water partition coefficient (Wildman–Crippen LogP) is 5.17. The topological polar surface area (TPSA) is 49.9 Å². The van der Waals surface area contributed by atoms with E-state index in [1.165, 1.54) is 37.7 Å². The number of ether oxygens (including phenoxy) is 1. The van der Waals surface area contributed by atoms with Crippen LogP contribution in [0.2, 0.25) is 0 Å². The van der Waals surface area contributed by atoms with Crippen molar-refractivity contribution in [2.24, 2.45) is 5.92 Å². The van der Waals surface area contributed by atoms with E-state index >= 15 is 0 Å². The van der Waals surface area contributed by atoms with Gasteiger partial charge in [-0.1, -0.05) is 65.0 Å². The maximum Gasteiger partial charge on any atom is 0.222 e. The van der Waals surface area contributed by atoms with Crippen LogP contribution in [0.1, 0.15) is 84.1 Å². The average Bonchev–Trinajstić information content (AvgIpc) is 2.80. The summed E-state index contributed by atoms with van der Waals surface area (Å²) in [6.07, 6.45) is 9.52. The molecule has 0 unspecified atom stereocenters. The molecule has 0 spiro atoms.